The van der Waals surface area contributed by atoms with Gasteiger partial charge in [-0.3, -0.25) is 23.9 Å². The van der Waals surface area contributed by atoms with Crippen molar-refractivity contribution in [3.05, 3.63) is 52.6 Å². The molecule has 2 aromatic carbocycles. The number of carbonyl (C=O) groups excluding carboxylic acids is 2. The number of nitrogens with zero attached hydrogens (tertiary/aromatic N) is 1. The molecular formula is C19H14F7N3O7S2. The summed E-state index contributed by atoms with van der Waals surface area (Å²) in [6.45, 7) is 1.21. The predicted octanol–water partition coefficient (Wildman–Crippen LogP) is 3.86. The van der Waals surface area contributed by atoms with Gasteiger partial charge in [-0.15, -0.1) is 0 Å². The molecule has 0 aliphatic carbocycles. The summed E-state index contributed by atoms with van der Waals surface area (Å²) in [6, 6.07) is 5.55. The van der Waals surface area contributed by atoms with Crippen LogP contribution in [0.4, 0.5) is 47.8 Å². The lowest BCUT2D eigenvalue weighted by Gasteiger charge is -2.27. The number of anilines is 2. The highest BCUT2D eigenvalue weighted by atomic mass is 32.2. The van der Waals surface area contributed by atoms with Crippen molar-refractivity contribution in [1.29, 1.82) is 0 Å². The van der Waals surface area contributed by atoms with Gasteiger partial charge in [-0.2, -0.15) is 30.7 Å². The largest absolute Gasteiger partial charge is 0.461 e. The molecule has 0 aromatic heterocycles. The zero-order valence-corrected chi connectivity index (χ0v) is 20.1. The number of alkyl halides is 7. The van der Waals surface area contributed by atoms with E-state index in [-0.39, 0.29) is 29.6 Å². The van der Waals surface area contributed by atoms with E-state index in [1.54, 1.807) is 0 Å². The molecule has 19 heteroatoms. The maximum atomic E-state index is 13.9. The molecule has 0 aliphatic rings. The SMILES string of the molecule is CC(=O)Nc1cccc(NC(=O)CS(=O)c2ccc(S(=O)(=O)C(F)(F)C(F)(F)C(F)(F)F)cc2[N+](=O)[O-])c1. The smallest absolute Gasteiger partial charge is 0.326 e. The number of benzene rings is 2. The van der Waals surface area contributed by atoms with Crippen molar-refractivity contribution in [2.75, 3.05) is 16.4 Å². The minimum absolute atomic E-state index is 0.0186. The van der Waals surface area contributed by atoms with Crippen molar-refractivity contribution < 1.29 is 57.9 Å². The second-order valence-corrected chi connectivity index (χ2v) is 10.7. The van der Waals surface area contributed by atoms with Gasteiger partial charge in [0.15, 0.2) is 0 Å². The van der Waals surface area contributed by atoms with Gasteiger partial charge in [0.25, 0.3) is 15.5 Å². The van der Waals surface area contributed by atoms with E-state index in [1.165, 1.54) is 31.2 Å². The van der Waals surface area contributed by atoms with Crippen LogP contribution in [-0.4, -0.2) is 52.5 Å². The lowest BCUT2D eigenvalue weighted by molar-refractivity contribution is -0.388. The first-order valence-corrected chi connectivity index (χ1v) is 12.4. The lowest BCUT2D eigenvalue weighted by atomic mass is 10.2. The molecule has 0 saturated carbocycles. The second kappa shape index (κ2) is 10.6. The van der Waals surface area contributed by atoms with Gasteiger partial charge in [0.2, 0.25) is 11.8 Å². The van der Waals surface area contributed by atoms with Gasteiger partial charge >= 0.3 is 17.4 Å². The van der Waals surface area contributed by atoms with Crippen LogP contribution in [0.2, 0.25) is 0 Å². The third-order valence-corrected chi connectivity index (χ3v) is 7.64. The molecule has 0 heterocycles. The summed E-state index contributed by atoms with van der Waals surface area (Å²) in [5.74, 6) is -9.54. The maximum Gasteiger partial charge on any atom is 0.461 e. The minimum atomic E-state index is -7.07. The molecule has 10 nitrogen and oxygen atoms in total. The van der Waals surface area contributed by atoms with E-state index in [2.05, 4.69) is 10.6 Å². The predicted molar refractivity (Wildman–Crippen MR) is 117 cm³/mol. The molecule has 2 amide bonds. The van der Waals surface area contributed by atoms with E-state index in [0.717, 1.165) is 0 Å². The summed E-state index contributed by atoms with van der Waals surface area (Å²) in [5.41, 5.74) is -1.16. The standard InChI is InChI=1S/C19H14F7N3O7S2/c1-10(30)27-11-3-2-4-12(7-11)28-16(31)9-37(34)15-6-5-13(8-14(15)29(32)33)38(35,36)19(25,26)17(20,21)18(22,23)24/h2-8H,9H2,1H3,(H,27,30)(H,28,31). The molecular weight excluding hydrogens is 579 g/mol. The molecule has 0 saturated heterocycles. The molecule has 38 heavy (non-hydrogen) atoms. The van der Waals surface area contributed by atoms with Gasteiger partial charge in [0.05, 0.1) is 20.6 Å². The quantitative estimate of drug-likeness (QED) is 0.254. The monoisotopic (exact) mass is 593 g/mol. The summed E-state index contributed by atoms with van der Waals surface area (Å²) in [5, 5.41) is 9.24. The molecule has 0 fully saturated rings. The van der Waals surface area contributed by atoms with Gasteiger partial charge in [0, 0.05) is 24.4 Å². The Morgan fingerprint density at radius 2 is 1.53 bits per heavy atom. The van der Waals surface area contributed by atoms with Crippen LogP contribution >= 0.6 is 0 Å². The van der Waals surface area contributed by atoms with Crippen LogP contribution in [0.3, 0.4) is 0 Å². The Morgan fingerprint density at radius 3 is 2.03 bits per heavy atom. The van der Waals surface area contributed by atoms with E-state index < -0.39 is 76.0 Å². The first-order valence-electron chi connectivity index (χ1n) is 9.63. The van der Waals surface area contributed by atoms with E-state index >= 15 is 0 Å². The van der Waals surface area contributed by atoms with E-state index in [0.29, 0.717) is 0 Å². The van der Waals surface area contributed by atoms with E-state index in [4.69, 9.17) is 0 Å². The zero-order valence-electron chi connectivity index (χ0n) is 18.5. The number of carbonyl (C=O) groups is 2. The molecule has 0 aliphatic heterocycles. The fourth-order valence-electron chi connectivity index (χ4n) is 2.75. The highest BCUT2D eigenvalue weighted by Crippen LogP contribution is 2.51. The van der Waals surface area contributed by atoms with Crippen LogP contribution in [0, 0.1) is 10.1 Å². The Labute approximate surface area is 210 Å². The van der Waals surface area contributed by atoms with Gasteiger partial charge < -0.3 is 10.6 Å². The Morgan fingerprint density at radius 1 is 0.974 bits per heavy atom. The Kier molecular flexibility index (Phi) is 8.57. The number of hydrogen-bond acceptors (Lipinski definition) is 7. The van der Waals surface area contributed by atoms with Crippen molar-refractivity contribution in [3.8, 4) is 0 Å². The van der Waals surface area contributed by atoms with Gasteiger partial charge in [0.1, 0.15) is 10.6 Å². The number of nitro benzene ring substituents is 1. The summed E-state index contributed by atoms with van der Waals surface area (Å²) in [6.07, 6.45) is -6.99. The summed E-state index contributed by atoms with van der Waals surface area (Å²) in [4.78, 5) is 30.3. The van der Waals surface area contributed by atoms with Crippen LogP contribution in [-0.2, 0) is 30.2 Å². The van der Waals surface area contributed by atoms with Gasteiger partial charge in [-0.1, -0.05) is 6.07 Å². The average Bonchev–Trinajstić information content (AvgIpc) is 2.77. The maximum absolute atomic E-state index is 13.9. The summed E-state index contributed by atoms with van der Waals surface area (Å²) in [7, 11) is -9.53. The third kappa shape index (κ3) is 6.09. The molecule has 1 atom stereocenters. The molecule has 2 rings (SSSR count). The molecule has 2 aromatic rings. The Hall–Kier alpha value is -3.61. The van der Waals surface area contributed by atoms with Crippen LogP contribution in [0.5, 0.6) is 0 Å². The Bertz CT molecular complexity index is 1410. The average molecular weight is 593 g/mol. The highest BCUT2D eigenvalue weighted by Gasteiger charge is 2.78. The van der Waals surface area contributed by atoms with Crippen molar-refractivity contribution >= 4 is 49.5 Å². The van der Waals surface area contributed by atoms with Crippen molar-refractivity contribution in [1.82, 2.24) is 0 Å². The topological polar surface area (TPSA) is 153 Å². The van der Waals surface area contributed by atoms with Crippen LogP contribution in [0.15, 0.2) is 52.3 Å². The van der Waals surface area contributed by atoms with E-state index in [1.807, 2.05) is 0 Å². The molecule has 0 spiro atoms. The number of amides is 2. The molecule has 0 radical (unpaired) electrons. The number of rotatable bonds is 9. The van der Waals surface area contributed by atoms with Crippen molar-refractivity contribution in [2.24, 2.45) is 0 Å². The van der Waals surface area contributed by atoms with Crippen molar-refractivity contribution in [2.45, 2.75) is 34.1 Å². The first-order chi connectivity index (χ1) is 17.2. The summed E-state index contributed by atoms with van der Waals surface area (Å²) < 4.78 is 128. The highest BCUT2D eigenvalue weighted by molar-refractivity contribution is 7.92. The van der Waals surface area contributed by atoms with Crippen LogP contribution in [0.1, 0.15) is 6.92 Å². The van der Waals surface area contributed by atoms with Gasteiger partial charge in [-0.25, -0.2) is 8.42 Å². The molecule has 2 N–H and O–H groups in total. The Balaban J connectivity index is 2.37. The molecule has 208 valence electrons. The normalized spacial score (nSPS) is 13.5. The second-order valence-electron chi connectivity index (χ2n) is 7.28. The molecule has 1 unspecified atom stereocenters. The number of halogens is 7. The number of nitrogens with one attached hydrogen (secondary N) is 2. The third-order valence-electron chi connectivity index (χ3n) is 4.47. The van der Waals surface area contributed by atoms with Crippen LogP contribution < -0.4 is 10.6 Å². The number of sulfone groups is 1. The van der Waals surface area contributed by atoms with E-state index in [9.17, 15) is 63.1 Å². The van der Waals surface area contributed by atoms with Crippen molar-refractivity contribution in [3.63, 3.8) is 0 Å². The zero-order chi connectivity index (χ0) is 29.3. The van der Waals surface area contributed by atoms with Crippen LogP contribution in [0.25, 0.3) is 0 Å². The molecule has 0 bridgehead atoms. The van der Waals surface area contributed by atoms with Gasteiger partial charge in [-0.05, 0) is 30.3 Å². The number of nitro groups is 1. The first kappa shape index (κ1) is 30.6. The number of hydrogen-bond donors (Lipinski definition) is 2. The summed E-state index contributed by atoms with van der Waals surface area (Å²) >= 11 is 0. The fraction of sp³-hybridized carbons (Fsp3) is 0.263. The fourth-order valence-corrected chi connectivity index (χ4v) is 5.07. The minimum Gasteiger partial charge on any atom is -0.326 e. The lowest BCUT2D eigenvalue weighted by Crippen LogP contribution is -2.55.